The fraction of sp³-hybridized carbons (Fsp3) is 0.647. The van der Waals surface area contributed by atoms with E-state index >= 15 is 0 Å². The first-order chi connectivity index (χ1) is 9.63. The molecule has 0 aromatic heterocycles. The number of benzene rings is 1. The number of anilines is 1. The van der Waals surface area contributed by atoms with Gasteiger partial charge in [0.2, 0.25) is 0 Å². The Morgan fingerprint density at radius 3 is 2.95 bits per heavy atom. The molecule has 1 aliphatic rings. The van der Waals surface area contributed by atoms with E-state index in [-0.39, 0.29) is 6.04 Å². The van der Waals surface area contributed by atoms with Crippen molar-refractivity contribution in [1.82, 2.24) is 0 Å². The standard InChI is InChI=1S/C17H28N2O/c1-4-15(18)11-14-10-13(2)7-8-17(14)19-9-5-6-16(12-19)20-3/h7-8,10,15-16H,4-6,9,11-12,18H2,1-3H3. The molecule has 20 heavy (non-hydrogen) atoms. The van der Waals surface area contributed by atoms with Gasteiger partial charge in [0.1, 0.15) is 0 Å². The molecule has 1 aromatic rings. The number of methoxy groups -OCH3 is 1. The highest BCUT2D eigenvalue weighted by atomic mass is 16.5. The maximum atomic E-state index is 6.16. The van der Waals surface area contributed by atoms with Crippen molar-refractivity contribution in [3.05, 3.63) is 29.3 Å². The number of hydrogen-bond acceptors (Lipinski definition) is 3. The Bertz CT molecular complexity index is 433. The molecular weight excluding hydrogens is 248 g/mol. The van der Waals surface area contributed by atoms with E-state index in [0.717, 1.165) is 25.9 Å². The molecular formula is C17H28N2O. The van der Waals surface area contributed by atoms with Gasteiger partial charge in [0.15, 0.2) is 0 Å². The zero-order chi connectivity index (χ0) is 14.5. The maximum Gasteiger partial charge on any atom is 0.0746 e. The van der Waals surface area contributed by atoms with Crippen molar-refractivity contribution in [2.45, 2.75) is 51.7 Å². The van der Waals surface area contributed by atoms with E-state index in [9.17, 15) is 0 Å². The van der Waals surface area contributed by atoms with Crippen molar-refractivity contribution < 1.29 is 4.74 Å². The van der Waals surface area contributed by atoms with E-state index in [1.54, 1.807) is 0 Å². The van der Waals surface area contributed by atoms with E-state index in [0.29, 0.717) is 6.10 Å². The lowest BCUT2D eigenvalue weighted by molar-refractivity contribution is 0.0893. The van der Waals surface area contributed by atoms with Crippen molar-refractivity contribution in [3.63, 3.8) is 0 Å². The van der Waals surface area contributed by atoms with Gasteiger partial charge in [-0.15, -0.1) is 0 Å². The third-order valence-corrected chi connectivity index (χ3v) is 4.29. The van der Waals surface area contributed by atoms with Gasteiger partial charge in [-0.25, -0.2) is 0 Å². The summed E-state index contributed by atoms with van der Waals surface area (Å²) in [6, 6.07) is 7.00. The summed E-state index contributed by atoms with van der Waals surface area (Å²) in [6.07, 6.45) is 4.71. The van der Waals surface area contributed by atoms with Crippen molar-refractivity contribution in [2.24, 2.45) is 5.73 Å². The minimum absolute atomic E-state index is 0.249. The van der Waals surface area contributed by atoms with Crippen LogP contribution in [0.5, 0.6) is 0 Å². The lowest BCUT2D eigenvalue weighted by Crippen LogP contribution is -2.40. The second-order valence-corrected chi connectivity index (χ2v) is 5.95. The van der Waals surface area contributed by atoms with Crippen LogP contribution in [-0.4, -0.2) is 32.3 Å². The molecule has 2 rings (SSSR count). The third kappa shape index (κ3) is 3.74. The van der Waals surface area contributed by atoms with Gasteiger partial charge < -0.3 is 15.4 Å². The predicted molar refractivity (Wildman–Crippen MR) is 85.4 cm³/mol. The summed E-state index contributed by atoms with van der Waals surface area (Å²) >= 11 is 0. The molecule has 3 nitrogen and oxygen atoms in total. The Morgan fingerprint density at radius 1 is 1.45 bits per heavy atom. The minimum Gasteiger partial charge on any atom is -0.380 e. The molecule has 3 heteroatoms. The van der Waals surface area contributed by atoms with Crippen LogP contribution >= 0.6 is 0 Å². The van der Waals surface area contributed by atoms with Crippen LogP contribution in [-0.2, 0) is 11.2 Å². The molecule has 0 bridgehead atoms. The first-order valence-electron chi connectivity index (χ1n) is 7.77. The molecule has 0 spiro atoms. The second kappa shape index (κ2) is 7.09. The number of hydrogen-bond donors (Lipinski definition) is 1. The first-order valence-corrected chi connectivity index (χ1v) is 7.77. The molecule has 0 aliphatic carbocycles. The molecule has 1 saturated heterocycles. The molecule has 0 radical (unpaired) electrons. The van der Waals surface area contributed by atoms with Crippen LogP contribution in [0.1, 0.15) is 37.3 Å². The number of ether oxygens (including phenoxy) is 1. The van der Waals surface area contributed by atoms with E-state index < -0.39 is 0 Å². The number of nitrogens with zero attached hydrogens (tertiary/aromatic N) is 1. The average Bonchev–Trinajstić information content (AvgIpc) is 2.47. The fourth-order valence-corrected chi connectivity index (χ4v) is 2.96. The minimum atomic E-state index is 0.249. The average molecular weight is 276 g/mol. The van der Waals surface area contributed by atoms with Gasteiger partial charge in [-0.2, -0.15) is 0 Å². The molecule has 1 heterocycles. The van der Waals surface area contributed by atoms with Crippen LogP contribution in [0.15, 0.2) is 18.2 Å². The summed E-state index contributed by atoms with van der Waals surface area (Å²) in [5.41, 5.74) is 10.2. The van der Waals surface area contributed by atoms with Crippen molar-refractivity contribution in [2.75, 3.05) is 25.1 Å². The van der Waals surface area contributed by atoms with Crippen molar-refractivity contribution in [3.8, 4) is 0 Å². The highest BCUT2D eigenvalue weighted by Gasteiger charge is 2.21. The Balaban J connectivity index is 2.21. The summed E-state index contributed by atoms with van der Waals surface area (Å²) in [5.74, 6) is 0. The van der Waals surface area contributed by atoms with Gasteiger partial charge >= 0.3 is 0 Å². The van der Waals surface area contributed by atoms with E-state index in [2.05, 4.69) is 36.9 Å². The van der Waals surface area contributed by atoms with E-state index in [4.69, 9.17) is 10.5 Å². The number of aryl methyl sites for hydroxylation is 1. The lowest BCUT2D eigenvalue weighted by Gasteiger charge is -2.35. The zero-order valence-electron chi connectivity index (χ0n) is 13.1. The van der Waals surface area contributed by atoms with Gasteiger partial charge in [-0.1, -0.05) is 24.6 Å². The molecule has 2 unspecified atom stereocenters. The normalized spacial score (nSPS) is 21.0. The molecule has 1 aliphatic heterocycles. The summed E-state index contributed by atoms with van der Waals surface area (Å²) in [5, 5.41) is 0. The SMILES string of the molecule is CCC(N)Cc1cc(C)ccc1N1CCCC(OC)C1. The summed E-state index contributed by atoms with van der Waals surface area (Å²) in [4.78, 5) is 2.47. The highest BCUT2D eigenvalue weighted by Crippen LogP contribution is 2.27. The highest BCUT2D eigenvalue weighted by molar-refractivity contribution is 5.55. The topological polar surface area (TPSA) is 38.5 Å². The van der Waals surface area contributed by atoms with Crippen LogP contribution < -0.4 is 10.6 Å². The largest absolute Gasteiger partial charge is 0.380 e. The summed E-state index contributed by atoms with van der Waals surface area (Å²) in [6.45, 7) is 6.42. The van der Waals surface area contributed by atoms with Crippen LogP contribution in [0.4, 0.5) is 5.69 Å². The predicted octanol–water partition coefficient (Wildman–Crippen LogP) is 2.89. The monoisotopic (exact) mass is 276 g/mol. The lowest BCUT2D eigenvalue weighted by atomic mass is 9.98. The van der Waals surface area contributed by atoms with Gasteiger partial charge in [0.05, 0.1) is 6.10 Å². The van der Waals surface area contributed by atoms with E-state index in [1.807, 2.05) is 7.11 Å². The Kier molecular flexibility index (Phi) is 5.44. The van der Waals surface area contributed by atoms with Crippen molar-refractivity contribution >= 4 is 5.69 Å². The van der Waals surface area contributed by atoms with Crippen LogP contribution in [0.2, 0.25) is 0 Å². The van der Waals surface area contributed by atoms with Crippen LogP contribution in [0, 0.1) is 6.92 Å². The van der Waals surface area contributed by atoms with Crippen molar-refractivity contribution in [1.29, 1.82) is 0 Å². The maximum absolute atomic E-state index is 6.16. The molecule has 0 saturated carbocycles. The third-order valence-electron chi connectivity index (χ3n) is 4.29. The molecule has 0 amide bonds. The van der Waals surface area contributed by atoms with Gasteiger partial charge in [0, 0.05) is 31.9 Å². The Labute approximate surface area is 123 Å². The Morgan fingerprint density at radius 2 is 2.25 bits per heavy atom. The number of piperidine rings is 1. The molecule has 2 atom stereocenters. The van der Waals surface area contributed by atoms with Crippen LogP contribution in [0.3, 0.4) is 0 Å². The summed E-state index contributed by atoms with van der Waals surface area (Å²) in [7, 11) is 1.82. The zero-order valence-corrected chi connectivity index (χ0v) is 13.1. The quantitative estimate of drug-likeness (QED) is 0.898. The molecule has 2 N–H and O–H groups in total. The van der Waals surface area contributed by atoms with Gasteiger partial charge in [-0.05, 0) is 44.2 Å². The molecule has 1 aromatic carbocycles. The molecule has 112 valence electrons. The smallest absolute Gasteiger partial charge is 0.0746 e. The summed E-state index contributed by atoms with van der Waals surface area (Å²) < 4.78 is 5.54. The van der Waals surface area contributed by atoms with E-state index in [1.165, 1.54) is 29.7 Å². The first kappa shape index (κ1) is 15.3. The fourth-order valence-electron chi connectivity index (χ4n) is 2.96. The van der Waals surface area contributed by atoms with Crippen LogP contribution in [0.25, 0.3) is 0 Å². The Hall–Kier alpha value is -1.06. The van der Waals surface area contributed by atoms with Gasteiger partial charge in [0.25, 0.3) is 0 Å². The second-order valence-electron chi connectivity index (χ2n) is 5.95. The molecule has 1 fully saturated rings. The number of rotatable bonds is 5. The number of nitrogens with two attached hydrogens (primary N) is 1. The van der Waals surface area contributed by atoms with Gasteiger partial charge in [-0.3, -0.25) is 0 Å².